The van der Waals surface area contributed by atoms with E-state index in [4.69, 9.17) is 13.8 Å². The van der Waals surface area contributed by atoms with Gasteiger partial charge >= 0.3 is 0 Å². The van der Waals surface area contributed by atoms with Crippen LogP contribution in [0.3, 0.4) is 0 Å². The van der Waals surface area contributed by atoms with Crippen molar-refractivity contribution in [3.8, 4) is 34.3 Å². The normalized spacial score (nSPS) is 16.5. The van der Waals surface area contributed by atoms with Crippen LogP contribution in [0.5, 0.6) is 0 Å². The lowest BCUT2D eigenvalue weighted by atomic mass is 10.1. The topological polar surface area (TPSA) is 124 Å². The van der Waals surface area contributed by atoms with Gasteiger partial charge < -0.3 is 24.2 Å². The van der Waals surface area contributed by atoms with E-state index in [1.165, 1.54) is 0 Å². The first-order valence-electron chi connectivity index (χ1n) is 10.7. The minimum absolute atomic E-state index is 0.000368. The van der Waals surface area contributed by atoms with E-state index in [-0.39, 0.29) is 29.1 Å². The van der Waals surface area contributed by atoms with Gasteiger partial charge in [0.1, 0.15) is 12.4 Å². The molecule has 5 rings (SSSR count). The summed E-state index contributed by atoms with van der Waals surface area (Å²) in [4.78, 5) is 16.6. The molecule has 2 aromatic heterocycles. The molecule has 1 amide bonds. The fraction of sp³-hybridized carbons (Fsp3) is 0.250. The molecule has 3 heterocycles. The molecule has 0 saturated carbocycles. The first kappa shape index (κ1) is 21.9. The van der Waals surface area contributed by atoms with Gasteiger partial charge in [-0.25, -0.2) is 4.39 Å². The molecule has 0 aliphatic carbocycles. The second-order valence-electron chi connectivity index (χ2n) is 7.86. The lowest BCUT2D eigenvalue weighted by molar-refractivity contribution is -0.130. The first-order chi connectivity index (χ1) is 16.6. The van der Waals surface area contributed by atoms with E-state index in [0.717, 1.165) is 6.42 Å². The van der Waals surface area contributed by atoms with Crippen LogP contribution >= 0.6 is 0 Å². The number of alkyl halides is 1. The van der Waals surface area contributed by atoms with Crippen molar-refractivity contribution in [3.63, 3.8) is 0 Å². The number of carbonyl (C=O) groups excluding carboxylic acids is 1. The number of carbonyl (C=O) groups is 1. The number of nitrogens with one attached hydrogen (secondary N) is 1. The Balaban J connectivity index is 1.33. The minimum atomic E-state index is -1.31. The van der Waals surface area contributed by atoms with Crippen molar-refractivity contribution in [1.29, 1.82) is 0 Å². The zero-order chi connectivity index (χ0) is 23.5. The molecule has 9 nitrogen and oxygen atoms in total. The molecule has 4 aromatic rings. The number of halogens is 1. The molecule has 1 saturated heterocycles. The van der Waals surface area contributed by atoms with Gasteiger partial charge in [-0.05, 0) is 12.0 Å². The molecule has 1 unspecified atom stereocenters. The van der Waals surface area contributed by atoms with Crippen molar-refractivity contribution in [2.75, 3.05) is 13.2 Å². The number of amides is 1. The van der Waals surface area contributed by atoms with Crippen LogP contribution in [0.4, 0.5) is 4.39 Å². The van der Waals surface area contributed by atoms with Crippen LogP contribution < -0.4 is 5.32 Å². The summed E-state index contributed by atoms with van der Waals surface area (Å²) in [5.41, 5.74) is 2.31. The van der Waals surface area contributed by atoms with Gasteiger partial charge in [-0.3, -0.25) is 4.79 Å². The number of rotatable bonds is 7. The van der Waals surface area contributed by atoms with E-state index < -0.39 is 18.7 Å². The average Bonchev–Trinajstić information content (AvgIpc) is 3.64. The number of hydrogen-bond acceptors (Lipinski definition) is 8. The van der Waals surface area contributed by atoms with Crippen molar-refractivity contribution >= 4 is 5.91 Å². The van der Waals surface area contributed by atoms with Gasteiger partial charge in [-0.15, -0.1) is 0 Å². The summed E-state index contributed by atoms with van der Waals surface area (Å²) in [6.45, 7) is 0.221. The summed E-state index contributed by atoms with van der Waals surface area (Å²) in [5, 5.41) is 21.1. The Morgan fingerprint density at radius 3 is 2.59 bits per heavy atom. The Morgan fingerprint density at radius 2 is 1.88 bits per heavy atom. The van der Waals surface area contributed by atoms with Crippen LogP contribution in [0.1, 0.15) is 23.7 Å². The Labute approximate surface area is 193 Å². The van der Waals surface area contributed by atoms with Gasteiger partial charge in [-0.1, -0.05) is 64.9 Å². The lowest BCUT2D eigenvalue weighted by Crippen LogP contribution is -2.38. The van der Waals surface area contributed by atoms with E-state index in [1.807, 2.05) is 18.2 Å². The number of ether oxygens (including phenoxy) is 1. The first-order valence-corrected chi connectivity index (χ1v) is 10.7. The quantitative estimate of drug-likeness (QED) is 0.426. The van der Waals surface area contributed by atoms with E-state index in [2.05, 4.69) is 20.6 Å². The van der Waals surface area contributed by atoms with Crippen LogP contribution in [-0.4, -0.2) is 45.6 Å². The fourth-order valence-corrected chi connectivity index (χ4v) is 3.75. The summed E-state index contributed by atoms with van der Waals surface area (Å²) >= 11 is 0. The van der Waals surface area contributed by atoms with Gasteiger partial charge in [0.05, 0.1) is 18.2 Å². The van der Waals surface area contributed by atoms with Crippen molar-refractivity contribution in [3.05, 3.63) is 65.7 Å². The molecular weight excluding hydrogens is 443 g/mol. The maximum absolute atomic E-state index is 13.8. The van der Waals surface area contributed by atoms with E-state index in [0.29, 0.717) is 35.6 Å². The molecule has 0 radical (unpaired) electrons. The number of aromatic nitrogens is 3. The molecule has 0 bridgehead atoms. The van der Waals surface area contributed by atoms with Crippen LogP contribution in [-0.2, 0) is 16.2 Å². The molecule has 2 N–H and O–H groups in total. The van der Waals surface area contributed by atoms with Crippen molar-refractivity contribution in [2.45, 2.75) is 25.2 Å². The summed E-state index contributed by atoms with van der Waals surface area (Å²) in [6, 6.07) is 15.5. The van der Waals surface area contributed by atoms with Gasteiger partial charge in [0.15, 0.2) is 6.10 Å². The highest BCUT2D eigenvalue weighted by atomic mass is 19.1. The monoisotopic (exact) mass is 464 g/mol. The number of aliphatic hydroxyl groups is 1. The average molecular weight is 464 g/mol. The van der Waals surface area contributed by atoms with Crippen molar-refractivity contribution < 1.29 is 28.1 Å². The molecule has 1 aliphatic heterocycles. The molecule has 1 fully saturated rings. The molecule has 0 spiro atoms. The molecule has 174 valence electrons. The third-order valence-electron chi connectivity index (χ3n) is 5.60. The smallest absolute Gasteiger partial charge is 0.297 e. The third-order valence-corrected chi connectivity index (χ3v) is 5.60. The zero-order valence-corrected chi connectivity index (χ0v) is 18.0. The molecule has 2 aromatic carbocycles. The Bertz CT molecular complexity index is 1270. The summed E-state index contributed by atoms with van der Waals surface area (Å²) < 4.78 is 29.7. The third kappa shape index (κ3) is 4.33. The maximum atomic E-state index is 13.8. The van der Waals surface area contributed by atoms with Crippen LogP contribution in [0.2, 0.25) is 0 Å². The van der Waals surface area contributed by atoms with Crippen LogP contribution in [0, 0.1) is 0 Å². The zero-order valence-electron chi connectivity index (χ0n) is 18.0. The molecule has 2 atom stereocenters. The van der Waals surface area contributed by atoms with E-state index in [9.17, 15) is 14.3 Å². The van der Waals surface area contributed by atoms with Gasteiger partial charge in [0, 0.05) is 17.7 Å². The lowest BCUT2D eigenvalue weighted by Gasteiger charge is -2.15. The highest BCUT2D eigenvalue weighted by Gasteiger charge is 2.25. The van der Waals surface area contributed by atoms with Crippen molar-refractivity contribution in [2.24, 2.45) is 0 Å². The highest BCUT2D eigenvalue weighted by Crippen LogP contribution is 2.33. The summed E-state index contributed by atoms with van der Waals surface area (Å²) in [6.07, 6.45) is -0.590. The summed E-state index contributed by atoms with van der Waals surface area (Å²) in [5.74, 6) is -0.172. The van der Waals surface area contributed by atoms with Gasteiger partial charge in [0.2, 0.25) is 11.6 Å². The summed E-state index contributed by atoms with van der Waals surface area (Å²) in [7, 11) is 0. The largest absolute Gasteiger partial charge is 0.379 e. The van der Waals surface area contributed by atoms with Crippen LogP contribution in [0.15, 0.2) is 63.6 Å². The SMILES string of the molecule is O=C(N[C@H]1CCOC1)C(O)c1ccc(-c2noc(-c3onc(-c4ccccc4)c3CF)n2)cc1. The van der Waals surface area contributed by atoms with Crippen LogP contribution in [0.25, 0.3) is 34.3 Å². The predicted molar refractivity (Wildman–Crippen MR) is 118 cm³/mol. The number of nitrogens with zero attached hydrogens (tertiary/aromatic N) is 3. The number of hydrogen-bond donors (Lipinski definition) is 2. The van der Waals surface area contributed by atoms with Gasteiger partial charge in [-0.2, -0.15) is 4.98 Å². The fourth-order valence-electron chi connectivity index (χ4n) is 3.75. The van der Waals surface area contributed by atoms with Crippen molar-refractivity contribution in [1.82, 2.24) is 20.6 Å². The standard InChI is InChI=1S/C24H21FN4O5/c25-12-18-19(14-4-2-1-3-5-14)28-33-21(18)24-27-22(29-34-24)16-8-6-15(7-9-16)20(30)23(31)26-17-10-11-32-13-17/h1-9,17,20,30H,10-13H2,(H,26,31)/t17-,20?/m0/s1. The number of aliphatic hydroxyl groups excluding tert-OH is 1. The minimum Gasteiger partial charge on any atom is -0.379 e. The Hall–Kier alpha value is -3.89. The number of benzene rings is 2. The molecule has 34 heavy (non-hydrogen) atoms. The van der Waals surface area contributed by atoms with E-state index >= 15 is 0 Å². The second kappa shape index (κ2) is 9.54. The second-order valence-corrected chi connectivity index (χ2v) is 7.86. The van der Waals surface area contributed by atoms with E-state index in [1.54, 1.807) is 36.4 Å². The Morgan fingerprint density at radius 1 is 1.09 bits per heavy atom. The van der Waals surface area contributed by atoms with Gasteiger partial charge in [0.25, 0.3) is 11.8 Å². The predicted octanol–water partition coefficient (Wildman–Crippen LogP) is 3.47. The Kier molecular flexibility index (Phi) is 6.15. The maximum Gasteiger partial charge on any atom is 0.297 e. The molecule has 10 heteroatoms. The molecule has 1 aliphatic rings. The highest BCUT2D eigenvalue weighted by molar-refractivity contribution is 5.82. The molecular formula is C24H21FN4O5.